The van der Waals surface area contributed by atoms with Crippen molar-refractivity contribution in [3.63, 3.8) is 0 Å². The lowest BCUT2D eigenvalue weighted by atomic mass is 10.1. The Bertz CT molecular complexity index is 413. The molecule has 1 aromatic carbocycles. The first-order chi connectivity index (χ1) is 7.77. The van der Waals surface area contributed by atoms with Crippen LogP contribution in [0.5, 0.6) is 5.75 Å². The van der Waals surface area contributed by atoms with Crippen LogP contribution < -0.4 is 9.64 Å². The fraction of sp³-hybridized carbons (Fsp3) is 0.417. The van der Waals surface area contributed by atoms with Gasteiger partial charge in [-0.25, -0.2) is 0 Å². The monoisotopic (exact) mass is 234 g/mol. The molecule has 0 bridgehead atoms. The van der Waals surface area contributed by atoms with Crippen molar-refractivity contribution < 1.29 is 4.74 Å². The van der Waals surface area contributed by atoms with Crippen molar-refractivity contribution >= 4 is 17.4 Å². The molecule has 16 heavy (non-hydrogen) atoms. The number of fused-ring (bicyclic) bond motifs is 1. The summed E-state index contributed by atoms with van der Waals surface area (Å²) in [7, 11) is 3.71. The average molecular weight is 234 g/mol. The number of para-hydroxylation sites is 1. The summed E-state index contributed by atoms with van der Waals surface area (Å²) in [4.78, 5) is 3.39. The Hall–Kier alpha value is -1.34. The number of rotatable bonds is 2. The summed E-state index contributed by atoms with van der Waals surface area (Å²) in [5.74, 6) is 1.85. The van der Waals surface area contributed by atoms with Crippen LogP contribution in [0.3, 0.4) is 0 Å². The van der Waals surface area contributed by atoms with Gasteiger partial charge in [0, 0.05) is 17.7 Å². The van der Waals surface area contributed by atoms with Crippen molar-refractivity contribution in [3.8, 4) is 11.8 Å². The zero-order valence-electron chi connectivity index (χ0n) is 9.43. The molecule has 0 saturated carbocycles. The fourth-order valence-corrected chi connectivity index (χ4v) is 3.18. The Morgan fingerprint density at radius 3 is 3.12 bits per heavy atom. The Balaban J connectivity index is 2.38. The summed E-state index contributed by atoms with van der Waals surface area (Å²) in [5, 5.41) is 8.79. The van der Waals surface area contributed by atoms with Gasteiger partial charge in [-0.05, 0) is 12.1 Å². The number of hydrogen-bond acceptors (Lipinski definition) is 4. The van der Waals surface area contributed by atoms with Crippen molar-refractivity contribution in [1.29, 1.82) is 5.26 Å². The molecule has 1 aromatic rings. The number of methoxy groups -OCH3 is 1. The molecule has 0 N–H and O–H groups in total. The number of thioether (sulfide) groups is 1. The van der Waals surface area contributed by atoms with Gasteiger partial charge >= 0.3 is 0 Å². The highest BCUT2D eigenvalue weighted by Gasteiger charge is 2.26. The third-order valence-electron chi connectivity index (χ3n) is 2.84. The lowest BCUT2D eigenvalue weighted by Gasteiger charge is -2.35. The van der Waals surface area contributed by atoms with Crippen LogP contribution >= 0.6 is 11.8 Å². The van der Waals surface area contributed by atoms with Gasteiger partial charge in [0.25, 0.3) is 0 Å². The first-order valence-corrected chi connectivity index (χ1v) is 6.16. The number of nitriles is 1. The highest BCUT2D eigenvalue weighted by molar-refractivity contribution is 7.99. The predicted molar refractivity (Wildman–Crippen MR) is 66.1 cm³/mol. The predicted octanol–water partition coefficient (Wildman–Crippen LogP) is 2.52. The van der Waals surface area contributed by atoms with Gasteiger partial charge in [-0.3, -0.25) is 0 Å². The molecular weight excluding hydrogens is 220 g/mol. The maximum atomic E-state index is 8.79. The second kappa shape index (κ2) is 4.67. The second-order valence-corrected chi connectivity index (χ2v) is 4.81. The van der Waals surface area contributed by atoms with Gasteiger partial charge in [-0.1, -0.05) is 6.07 Å². The van der Waals surface area contributed by atoms with Crippen LogP contribution in [-0.4, -0.2) is 26.0 Å². The summed E-state index contributed by atoms with van der Waals surface area (Å²) in [5.41, 5.74) is 1.11. The van der Waals surface area contributed by atoms with Crippen molar-refractivity contribution in [2.75, 3.05) is 24.8 Å². The minimum atomic E-state index is 0.277. The summed E-state index contributed by atoms with van der Waals surface area (Å²) in [6, 6.07) is 8.58. The van der Waals surface area contributed by atoms with Gasteiger partial charge in [0.2, 0.25) is 0 Å². The van der Waals surface area contributed by atoms with E-state index in [2.05, 4.69) is 17.0 Å². The third-order valence-corrected chi connectivity index (χ3v) is 4.03. The smallest absolute Gasteiger partial charge is 0.143 e. The average Bonchev–Trinajstić information content (AvgIpc) is 2.32. The van der Waals surface area contributed by atoms with E-state index in [9.17, 15) is 0 Å². The van der Waals surface area contributed by atoms with Crippen LogP contribution in [0.2, 0.25) is 0 Å². The highest BCUT2D eigenvalue weighted by Crippen LogP contribution is 2.43. The SMILES string of the molecule is COc1cccc2c1N(C)C(CC#N)CS2. The standard InChI is InChI=1S/C12H14N2OS/c1-14-9(6-7-13)8-16-11-5-3-4-10(15-2)12(11)14/h3-5,9H,6,8H2,1-2H3. The van der Waals surface area contributed by atoms with Crippen LogP contribution in [0.1, 0.15) is 6.42 Å². The Morgan fingerprint density at radius 2 is 2.44 bits per heavy atom. The minimum absolute atomic E-state index is 0.277. The summed E-state index contributed by atoms with van der Waals surface area (Å²) >= 11 is 1.80. The molecule has 1 unspecified atom stereocenters. The summed E-state index contributed by atoms with van der Waals surface area (Å²) in [6.07, 6.45) is 0.557. The molecule has 0 radical (unpaired) electrons. The first-order valence-electron chi connectivity index (χ1n) is 5.17. The van der Waals surface area contributed by atoms with Gasteiger partial charge in [0.1, 0.15) is 5.75 Å². The molecule has 84 valence electrons. The molecular formula is C12H14N2OS. The lowest BCUT2D eigenvalue weighted by Crippen LogP contribution is -2.36. The number of benzene rings is 1. The normalized spacial score (nSPS) is 18.8. The molecule has 0 saturated heterocycles. The van der Waals surface area contributed by atoms with E-state index in [1.54, 1.807) is 18.9 Å². The Morgan fingerprint density at radius 1 is 1.62 bits per heavy atom. The molecule has 1 aliphatic heterocycles. The molecule has 2 rings (SSSR count). The van der Waals surface area contributed by atoms with Crippen molar-refractivity contribution in [3.05, 3.63) is 18.2 Å². The lowest BCUT2D eigenvalue weighted by molar-refractivity contribution is 0.412. The van der Waals surface area contributed by atoms with Gasteiger partial charge in [0.05, 0.1) is 31.3 Å². The maximum absolute atomic E-state index is 8.79. The van der Waals surface area contributed by atoms with Crippen LogP contribution in [-0.2, 0) is 0 Å². The van der Waals surface area contributed by atoms with E-state index in [0.29, 0.717) is 6.42 Å². The van der Waals surface area contributed by atoms with E-state index in [1.165, 1.54) is 4.90 Å². The molecule has 1 atom stereocenters. The summed E-state index contributed by atoms with van der Waals surface area (Å²) < 4.78 is 5.37. The van der Waals surface area contributed by atoms with E-state index in [4.69, 9.17) is 10.00 Å². The Labute approximate surface area is 100 Å². The molecule has 0 aromatic heterocycles. The molecule has 3 nitrogen and oxygen atoms in total. The van der Waals surface area contributed by atoms with Gasteiger partial charge in [0.15, 0.2) is 0 Å². The number of ether oxygens (including phenoxy) is 1. The quantitative estimate of drug-likeness (QED) is 0.788. The molecule has 0 spiro atoms. The highest BCUT2D eigenvalue weighted by atomic mass is 32.2. The third kappa shape index (κ3) is 1.83. The molecule has 0 fully saturated rings. The first kappa shape index (κ1) is 11.2. The number of anilines is 1. The van der Waals surface area contributed by atoms with E-state index >= 15 is 0 Å². The maximum Gasteiger partial charge on any atom is 0.143 e. The molecule has 0 aliphatic carbocycles. The zero-order valence-corrected chi connectivity index (χ0v) is 10.3. The molecule has 4 heteroatoms. The minimum Gasteiger partial charge on any atom is -0.495 e. The topological polar surface area (TPSA) is 36.3 Å². The van der Waals surface area contributed by atoms with Crippen LogP contribution in [0.25, 0.3) is 0 Å². The van der Waals surface area contributed by atoms with Crippen LogP contribution in [0.4, 0.5) is 5.69 Å². The van der Waals surface area contributed by atoms with Crippen LogP contribution in [0.15, 0.2) is 23.1 Å². The molecule has 1 aliphatic rings. The van der Waals surface area contributed by atoms with E-state index < -0.39 is 0 Å². The van der Waals surface area contributed by atoms with E-state index in [1.807, 2.05) is 19.2 Å². The second-order valence-electron chi connectivity index (χ2n) is 3.74. The number of hydrogen-bond donors (Lipinski definition) is 0. The largest absolute Gasteiger partial charge is 0.495 e. The van der Waals surface area contributed by atoms with Gasteiger partial charge in [-0.2, -0.15) is 5.26 Å². The van der Waals surface area contributed by atoms with E-state index in [-0.39, 0.29) is 6.04 Å². The van der Waals surface area contributed by atoms with Crippen molar-refractivity contribution in [2.24, 2.45) is 0 Å². The molecule has 0 amide bonds. The Kier molecular flexibility index (Phi) is 3.25. The van der Waals surface area contributed by atoms with Crippen LogP contribution in [0, 0.1) is 11.3 Å². The fourth-order valence-electron chi connectivity index (χ4n) is 1.91. The molecule has 1 heterocycles. The number of nitrogens with zero attached hydrogens (tertiary/aromatic N) is 2. The van der Waals surface area contributed by atoms with Gasteiger partial charge in [-0.15, -0.1) is 11.8 Å². The van der Waals surface area contributed by atoms with Gasteiger partial charge < -0.3 is 9.64 Å². The van der Waals surface area contributed by atoms with Crippen molar-refractivity contribution in [2.45, 2.75) is 17.4 Å². The van der Waals surface area contributed by atoms with Crippen molar-refractivity contribution in [1.82, 2.24) is 0 Å². The van der Waals surface area contributed by atoms with E-state index in [0.717, 1.165) is 17.2 Å². The summed E-state index contributed by atoms with van der Waals surface area (Å²) in [6.45, 7) is 0. The zero-order chi connectivity index (χ0) is 11.5.